The first kappa shape index (κ1) is 18.3. The van der Waals surface area contributed by atoms with Crippen LogP contribution in [0, 0.1) is 0 Å². The van der Waals surface area contributed by atoms with Gasteiger partial charge < -0.3 is 9.73 Å². The molecule has 0 spiro atoms. The maximum Gasteiger partial charge on any atom is 0.291 e. The average molecular weight is 429 g/mol. The van der Waals surface area contributed by atoms with Gasteiger partial charge in [0.15, 0.2) is 10.4 Å². The Morgan fingerprint density at radius 2 is 1.63 bits per heavy atom. The van der Waals surface area contributed by atoms with Crippen LogP contribution in [0.1, 0.15) is 31.3 Å². The number of carbonyl (C=O) groups is 3. The highest BCUT2D eigenvalue weighted by atomic mass is 79.9. The standard InChI is InChI=1S/C18H13BrN4O4/c19-15-7-6-14(27-15)18(26)21-13-5-1-3-11(9-13)16(24)22-23-17(25)12-4-2-8-20-10-12/h1-10H,(H,21,26)(H,22,24)(H,23,25). The summed E-state index contributed by atoms with van der Waals surface area (Å²) in [7, 11) is 0. The van der Waals surface area contributed by atoms with E-state index in [4.69, 9.17) is 4.42 Å². The zero-order valence-electron chi connectivity index (χ0n) is 13.7. The molecule has 3 amide bonds. The SMILES string of the molecule is O=C(NNC(=O)c1cccc(NC(=O)c2ccc(Br)o2)c1)c1cccnc1. The van der Waals surface area contributed by atoms with E-state index in [2.05, 4.69) is 37.1 Å². The van der Waals surface area contributed by atoms with E-state index >= 15 is 0 Å². The summed E-state index contributed by atoms with van der Waals surface area (Å²) in [6, 6.07) is 12.5. The second-order valence-electron chi connectivity index (χ2n) is 5.29. The normalized spacial score (nSPS) is 10.1. The van der Waals surface area contributed by atoms with E-state index in [1.165, 1.54) is 24.5 Å². The minimum Gasteiger partial charge on any atom is -0.444 e. The number of anilines is 1. The van der Waals surface area contributed by atoms with Gasteiger partial charge in [0.2, 0.25) is 0 Å². The molecule has 0 aliphatic rings. The van der Waals surface area contributed by atoms with E-state index in [1.807, 2.05) is 0 Å². The highest BCUT2D eigenvalue weighted by Crippen LogP contribution is 2.17. The lowest BCUT2D eigenvalue weighted by Crippen LogP contribution is -2.41. The number of amides is 3. The third-order valence-electron chi connectivity index (χ3n) is 3.39. The molecule has 9 heteroatoms. The van der Waals surface area contributed by atoms with E-state index in [0.717, 1.165) is 0 Å². The topological polar surface area (TPSA) is 113 Å². The van der Waals surface area contributed by atoms with Gasteiger partial charge >= 0.3 is 0 Å². The van der Waals surface area contributed by atoms with Crippen molar-refractivity contribution in [1.82, 2.24) is 15.8 Å². The molecule has 0 radical (unpaired) electrons. The molecule has 0 aliphatic heterocycles. The molecule has 3 N–H and O–H groups in total. The van der Waals surface area contributed by atoms with Crippen LogP contribution in [0.25, 0.3) is 0 Å². The molecule has 3 aromatic rings. The number of halogens is 1. The summed E-state index contributed by atoms with van der Waals surface area (Å²) in [5, 5.41) is 2.63. The molecule has 136 valence electrons. The van der Waals surface area contributed by atoms with E-state index in [1.54, 1.807) is 36.4 Å². The summed E-state index contributed by atoms with van der Waals surface area (Å²) in [6.45, 7) is 0. The minimum atomic E-state index is -0.538. The predicted molar refractivity (Wildman–Crippen MR) is 100.0 cm³/mol. The fraction of sp³-hybridized carbons (Fsp3) is 0. The first-order valence-electron chi connectivity index (χ1n) is 7.70. The van der Waals surface area contributed by atoms with Crippen molar-refractivity contribution in [1.29, 1.82) is 0 Å². The number of carbonyl (C=O) groups excluding carboxylic acids is 3. The van der Waals surface area contributed by atoms with Gasteiger partial charge in [-0.25, -0.2) is 0 Å². The number of benzene rings is 1. The number of hydrogen-bond acceptors (Lipinski definition) is 5. The Morgan fingerprint density at radius 3 is 2.30 bits per heavy atom. The first-order valence-corrected chi connectivity index (χ1v) is 8.50. The fourth-order valence-corrected chi connectivity index (χ4v) is 2.43. The zero-order valence-corrected chi connectivity index (χ0v) is 15.3. The number of nitrogens with one attached hydrogen (secondary N) is 3. The van der Waals surface area contributed by atoms with Crippen LogP contribution in [-0.4, -0.2) is 22.7 Å². The molecule has 2 heterocycles. The molecule has 27 heavy (non-hydrogen) atoms. The molecular formula is C18H13BrN4O4. The lowest BCUT2D eigenvalue weighted by atomic mass is 10.2. The Bertz CT molecular complexity index is 988. The van der Waals surface area contributed by atoms with Crippen molar-refractivity contribution < 1.29 is 18.8 Å². The summed E-state index contributed by atoms with van der Waals surface area (Å²) >= 11 is 3.12. The van der Waals surface area contributed by atoms with Gasteiger partial charge in [0, 0.05) is 23.6 Å². The summed E-state index contributed by atoms with van der Waals surface area (Å²) < 4.78 is 5.61. The molecule has 2 aromatic heterocycles. The average Bonchev–Trinajstić information content (AvgIpc) is 3.13. The number of rotatable bonds is 4. The van der Waals surface area contributed by atoms with Gasteiger partial charge in [-0.15, -0.1) is 0 Å². The van der Waals surface area contributed by atoms with Crippen molar-refractivity contribution in [2.75, 3.05) is 5.32 Å². The van der Waals surface area contributed by atoms with Crippen molar-refractivity contribution in [3.63, 3.8) is 0 Å². The van der Waals surface area contributed by atoms with Crippen LogP contribution >= 0.6 is 15.9 Å². The van der Waals surface area contributed by atoms with E-state index < -0.39 is 17.7 Å². The number of furan rings is 1. The van der Waals surface area contributed by atoms with Gasteiger partial charge in [-0.3, -0.25) is 30.2 Å². The summed E-state index contributed by atoms with van der Waals surface area (Å²) in [4.78, 5) is 40.1. The van der Waals surface area contributed by atoms with Crippen LogP contribution in [0.5, 0.6) is 0 Å². The van der Waals surface area contributed by atoms with Crippen molar-refractivity contribution >= 4 is 39.3 Å². The maximum atomic E-state index is 12.2. The Kier molecular flexibility index (Phi) is 5.62. The monoisotopic (exact) mass is 428 g/mol. The van der Waals surface area contributed by atoms with Crippen molar-refractivity contribution in [2.24, 2.45) is 0 Å². The van der Waals surface area contributed by atoms with Crippen molar-refractivity contribution in [3.8, 4) is 0 Å². The molecule has 0 fully saturated rings. The van der Waals surface area contributed by atoms with E-state index in [0.29, 0.717) is 15.9 Å². The summed E-state index contributed by atoms with van der Waals surface area (Å²) in [5.41, 5.74) is 5.57. The fourth-order valence-electron chi connectivity index (χ4n) is 2.12. The molecule has 0 unspecified atom stereocenters. The first-order chi connectivity index (χ1) is 13.0. The number of nitrogens with zero attached hydrogens (tertiary/aromatic N) is 1. The van der Waals surface area contributed by atoms with Gasteiger partial charge in [0.25, 0.3) is 17.7 Å². The number of pyridine rings is 1. The quantitative estimate of drug-likeness (QED) is 0.552. The Balaban J connectivity index is 1.61. The second-order valence-corrected chi connectivity index (χ2v) is 6.07. The third kappa shape index (κ3) is 4.79. The lowest BCUT2D eigenvalue weighted by molar-refractivity contribution is 0.0846. The van der Waals surface area contributed by atoms with Crippen LogP contribution in [0.2, 0.25) is 0 Å². The number of hydrogen-bond donors (Lipinski definition) is 3. The van der Waals surface area contributed by atoms with Gasteiger partial charge in [0.1, 0.15) is 0 Å². The predicted octanol–water partition coefficient (Wildman–Crippen LogP) is 2.76. The Labute approximate surface area is 162 Å². The number of aromatic nitrogens is 1. The molecule has 8 nitrogen and oxygen atoms in total. The molecule has 1 aromatic carbocycles. The van der Waals surface area contributed by atoms with Gasteiger partial charge in [-0.1, -0.05) is 6.07 Å². The van der Waals surface area contributed by atoms with Crippen LogP contribution in [0.15, 0.2) is 70.0 Å². The van der Waals surface area contributed by atoms with E-state index in [-0.39, 0.29) is 11.3 Å². The highest BCUT2D eigenvalue weighted by molar-refractivity contribution is 9.10. The zero-order chi connectivity index (χ0) is 19.2. The van der Waals surface area contributed by atoms with Crippen LogP contribution < -0.4 is 16.2 Å². The van der Waals surface area contributed by atoms with Crippen LogP contribution in [-0.2, 0) is 0 Å². The number of hydrazine groups is 1. The molecular weight excluding hydrogens is 416 g/mol. The molecule has 0 atom stereocenters. The van der Waals surface area contributed by atoms with Crippen LogP contribution in [0.3, 0.4) is 0 Å². The molecule has 0 saturated heterocycles. The minimum absolute atomic E-state index is 0.125. The van der Waals surface area contributed by atoms with Gasteiger partial charge in [-0.2, -0.15) is 0 Å². The Morgan fingerprint density at radius 1 is 0.889 bits per heavy atom. The largest absolute Gasteiger partial charge is 0.444 e. The van der Waals surface area contributed by atoms with Crippen molar-refractivity contribution in [2.45, 2.75) is 0 Å². The smallest absolute Gasteiger partial charge is 0.291 e. The summed E-state index contributed by atoms with van der Waals surface area (Å²) in [6.07, 6.45) is 2.92. The van der Waals surface area contributed by atoms with Gasteiger partial charge in [-0.05, 0) is 58.4 Å². The van der Waals surface area contributed by atoms with Crippen molar-refractivity contribution in [3.05, 3.63) is 82.5 Å². The molecule has 0 bridgehead atoms. The molecule has 3 rings (SSSR count). The molecule has 0 aliphatic carbocycles. The second kappa shape index (κ2) is 8.28. The van der Waals surface area contributed by atoms with Gasteiger partial charge in [0.05, 0.1) is 5.56 Å². The Hall–Kier alpha value is -3.46. The third-order valence-corrected chi connectivity index (χ3v) is 3.82. The molecule has 0 saturated carbocycles. The van der Waals surface area contributed by atoms with E-state index in [9.17, 15) is 14.4 Å². The lowest BCUT2D eigenvalue weighted by Gasteiger charge is -2.09. The maximum absolute atomic E-state index is 12.2. The highest BCUT2D eigenvalue weighted by Gasteiger charge is 2.13. The summed E-state index contributed by atoms with van der Waals surface area (Å²) in [5.74, 6) is -1.36. The van der Waals surface area contributed by atoms with Crippen LogP contribution in [0.4, 0.5) is 5.69 Å².